The minimum atomic E-state index is -1.61. The minimum absolute atomic E-state index is 0.0791. The molecule has 11 heteroatoms. The average molecular weight is 428 g/mol. The van der Waals surface area contributed by atoms with Crippen LogP contribution in [-0.2, 0) is 16.0 Å². The molecule has 0 radical (unpaired) electrons. The van der Waals surface area contributed by atoms with Gasteiger partial charge in [0.15, 0.2) is 17.2 Å². The molecule has 11 nitrogen and oxygen atoms in total. The standard InChI is InChI=1S/C19H24O11/c1-26-12-7-28-9(3-4-13(21)22)14-8(12)5-10(18(14)27-2)29-19-17(25)16(24)15(23)11(6-20)30-19/h5,7,11,15-17,19-20,23-25H,3-4,6H2,1-2H3,(H,21,22)/t11-,15-,16+,17-,19-/m1/s1. The van der Waals surface area contributed by atoms with E-state index in [-0.39, 0.29) is 24.3 Å². The van der Waals surface area contributed by atoms with Crippen LogP contribution in [0.1, 0.15) is 12.2 Å². The summed E-state index contributed by atoms with van der Waals surface area (Å²) in [5.41, 5.74) is 0.943. The molecule has 1 fully saturated rings. The van der Waals surface area contributed by atoms with Crippen molar-refractivity contribution < 1.29 is 53.7 Å². The Bertz CT molecular complexity index is 845. The second-order valence-corrected chi connectivity index (χ2v) is 6.77. The van der Waals surface area contributed by atoms with Gasteiger partial charge in [0.25, 0.3) is 0 Å². The SMILES string of the molecule is COc1coc(CCC(=O)O)c2c(OC)c(O[C@@H]3O[C@H](CO)[C@@H](O)[C@H](O)[C@H]3O)cc1-2. The zero-order valence-electron chi connectivity index (χ0n) is 16.3. The Labute approximate surface area is 171 Å². The summed E-state index contributed by atoms with van der Waals surface area (Å²) in [6, 6.07) is 1.54. The molecule has 166 valence electrons. The Balaban J connectivity index is 2.00. The lowest BCUT2D eigenvalue weighted by Crippen LogP contribution is -2.60. The third kappa shape index (κ3) is 4.02. The molecule has 0 bridgehead atoms. The van der Waals surface area contributed by atoms with Crippen molar-refractivity contribution in [1.29, 1.82) is 0 Å². The molecule has 2 aliphatic heterocycles. The number of hydrogen-bond acceptors (Lipinski definition) is 10. The van der Waals surface area contributed by atoms with Crippen LogP contribution in [0.15, 0.2) is 16.7 Å². The van der Waals surface area contributed by atoms with Crippen LogP contribution in [0.25, 0.3) is 11.1 Å². The molecule has 0 aromatic heterocycles. The van der Waals surface area contributed by atoms with Gasteiger partial charge >= 0.3 is 5.97 Å². The molecule has 0 aromatic rings. The van der Waals surface area contributed by atoms with Crippen molar-refractivity contribution in [2.45, 2.75) is 43.5 Å². The Morgan fingerprint density at radius 2 is 1.83 bits per heavy atom. The second-order valence-electron chi connectivity index (χ2n) is 6.77. The van der Waals surface area contributed by atoms with Gasteiger partial charge in [0.2, 0.25) is 6.29 Å². The number of methoxy groups -OCH3 is 2. The van der Waals surface area contributed by atoms with Crippen LogP contribution in [0, 0.1) is 0 Å². The quantitative estimate of drug-likeness (QED) is 0.371. The fourth-order valence-corrected chi connectivity index (χ4v) is 3.38. The topological polar surface area (TPSA) is 168 Å². The first-order chi connectivity index (χ1) is 14.3. The number of ether oxygens (including phenoxy) is 4. The van der Waals surface area contributed by atoms with E-state index >= 15 is 0 Å². The van der Waals surface area contributed by atoms with Gasteiger partial charge in [0.05, 0.1) is 32.8 Å². The van der Waals surface area contributed by atoms with Crippen molar-refractivity contribution in [1.82, 2.24) is 0 Å². The van der Waals surface area contributed by atoms with Crippen molar-refractivity contribution in [3.8, 4) is 28.4 Å². The third-order valence-corrected chi connectivity index (χ3v) is 4.93. The average Bonchev–Trinajstić information content (AvgIpc) is 3.10. The highest BCUT2D eigenvalue weighted by Gasteiger charge is 2.45. The van der Waals surface area contributed by atoms with Crippen molar-refractivity contribution in [3.63, 3.8) is 0 Å². The van der Waals surface area contributed by atoms with E-state index in [1.54, 1.807) is 0 Å². The molecule has 0 aromatic carbocycles. The van der Waals surface area contributed by atoms with Crippen molar-refractivity contribution in [2.75, 3.05) is 20.8 Å². The third-order valence-electron chi connectivity index (χ3n) is 4.93. The first-order valence-corrected chi connectivity index (χ1v) is 9.16. The monoisotopic (exact) mass is 428 g/mol. The molecule has 0 unspecified atom stereocenters. The van der Waals surface area contributed by atoms with Crippen molar-refractivity contribution in [2.24, 2.45) is 0 Å². The number of fused-ring (bicyclic) bond motifs is 1. The molecule has 30 heavy (non-hydrogen) atoms. The number of aliphatic hydroxyl groups is 4. The molecular weight excluding hydrogens is 404 g/mol. The summed E-state index contributed by atoms with van der Waals surface area (Å²) in [7, 11) is 2.80. The van der Waals surface area contributed by atoms with Gasteiger partial charge in [0, 0.05) is 12.0 Å². The highest BCUT2D eigenvalue weighted by Crippen LogP contribution is 2.50. The van der Waals surface area contributed by atoms with Gasteiger partial charge in [-0.2, -0.15) is 0 Å². The van der Waals surface area contributed by atoms with E-state index in [9.17, 15) is 25.2 Å². The molecule has 5 N–H and O–H groups in total. The zero-order chi connectivity index (χ0) is 22.0. The van der Waals surface area contributed by atoms with Crippen LogP contribution in [-0.4, -0.2) is 83.0 Å². The van der Waals surface area contributed by atoms with Crippen LogP contribution in [0.3, 0.4) is 0 Å². The molecule has 0 amide bonds. The van der Waals surface area contributed by atoms with Crippen LogP contribution in [0.2, 0.25) is 0 Å². The Morgan fingerprint density at radius 3 is 2.43 bits per heavy atom. The number of hydrogen-bond donors (Lipinski definition) is 5. The van der Waals surface area contributed by atoms with E-state index in [4.69, 9.17) is 28.5 Å². The van der Waals surface area contributed by atoms with Crippen LogP contribution in [0.4, 0.5) is 0 Å². The van der Waals surface area contributed by atoms with E-state index < -0.39 is 43.3 Å². The van der Waals surface area contributed by atoms with E-state index in [1.807, 2.05) is 0 Å². The summed E-state index contributed by atoms with van der Waals surface area (Å²) in [4.78, 5) is 11.0. The Morgan fingerprint density at radius 1 is 1.10 bits per heavy atom. The Hall–Kier alpha value is -2.57. The number of carboxylic acids is 1. The smallest absolute Gasteiger partial charge is 0.303 e. The van der Waals surface area contributed by atoms with E-state index in [2.05, 4.69) is 0 Å². The second kappa shape index (κ2) is 9.06. The first-order valence-electron chi connectivity index (χ1n) is 9.16. The number of aliphatic hydroxyl groups excluding tert-OH is 4. The van der Waals surface area contributed by atoms with Crippen LogP contribution >= 0.6 is 0 Å². The number of aryl methyl sites for hydroxylation is 1. The maximum absolute atomic E-state index is 11.0. The molecule has 3 rings (SSSR count). The largest absolute Gasteiger partial charge is 0.493 e. The zero-order valence-corrected chi connectivity index (χ0v) is 16.3. The fourth-order valence-electron chi connectivity index (χ4n) is 3.38. The van der Waals surface area contributed by atoms with Gasteiger partial charge in [-0.05, 0) is 6.07 Å². The first kappa shape index (κ1) is 22.1. The van der Waals surface area contributed by atoms with Crippen LogP contribution < -0.4 is 14.2 Å². The van der Waals surface area contributed by atoms with Gasteiger partial charge in [-0.25, -0.2) is 0 Å². The molecule has 0 spiro atoms. The number of carboxylic acid groups (broad SMARTS) is 1. The number of carbonyl (C=O) groups is 1. The molecule has 1 aliphatic carbocycles. The minimum Gasteiger partial charge on any atom is -0.493 e. The van der Waals surface area contributed by atoms with Crippen molar-refractivity contribution >= 4 is 5.97 Å². The highest BCUT2D eigenvalue weighted by molar-refractivity contribution is 5.85. The number of rotatable bonds is 8. The molecule has 3 aliphatic rings. The predicted octanol–water partition coefficient (Wildman–Crippen LogP) is -0.402. The fraction of sp³-hybridized carbons (Fsp3) is 0.526. The van der Waals surface area contributed by atoms with E-state index in [0.717, 1.165) is 0 Å². The molecule has 2 heterocycles. The summed E-state index contributed by atoms with van der Waals surface area (Å²) in [5.74, 6) is -0.0460. The van der Waals surface area contributed by atoms with Gasteiger partial charge < -0.3 is 48.9 Å². The lowest BCUT2D eigenvalue weighted by atomic mass is 9.99. The summed E-state index contributed by atoms with van der Waals surface area (Å²) in [6.45, 7) is -0.600. The molecule has 1 saturated heterocycles. The van der Waals surface area contributed by atoms with Gasteiger partial charge in [0.1, 0.15) is 36.4 Å². The lowest BCUT2D eigenvalue weighted by molar-refractivity contribution is -0.277. The summed E-state index contributed by atoms with van der Waals surface area (Å²) >= 11 is 0. The maximum Gasteiger partial charge on any atom is 0.303 e. The maximum atomic E-state index is 11.0. The van der Waals surface area contributed by atoms with Crippen molar-refractivity contribution in [3.05, 3.63) is 18.1 Å². The molecular formula is C19H24O11. The van der Waals surface area contributed by atoms with Gasteiger partial charge in [-0.3, -0.25) is 4.79 Å². The normalized spacial score (nSPS) is 26.5. The van der Waals surface area contributed by atoms with E-state index in [0.29, 0.717) is 22.6 Å². The summed E-state index contributed by atoms with van der Waals surface area (Å²) < 4.78 is 27.3. The Kier molecular flexibility index (Phi) is 6.68. The van der Waals surface area contributed by atoms with Crippen LogP contribution in [0.5, 0.6) is 17.2 Å². The predicted molar refractivity (Wildman–Crippen MR) is 98.8 cm³/mol. The van der Waals surface area contributed by atoms with E-state index in [1.165, 1.54) is 26.5 Å². The number of aliphatic carboxylic acids is 1. The molecule has 0 saturated carbocycles. The lowest BCUT2D eigenvalue weighted by Gasteiger charge is -2.39. The summed E-state index contributed by atoms with van der Waals surface area (Å²) in [6.07, 6.45) is -6.06. The highest BCUT2D eigenvalue weighted by atomic mass is 16.7. The summed E-state index contributed by atoms with van der Waals surface area (Å²) in [5, 5.41) is 48.4. The van der Waals surface area contributed by atoms with Gasteiger partial charge in [-0.15, -0.1) is 0 Å². The molecule has 5 atom stereocenters. The van der Waals surface area contributed by atoms with Gasteiger partial charge in [-0.1, -0.05) is 0 Å².